The normalized spacial score (nSPS) is 13.4. The number of imidazole rings is 1. The Morgan fingerprint density at radius 1 is 1.40 bits per heavy atom. The number of fused-ring (bicyclic) bond motifs is 1. The lowest BCUT2D eigenvalue weighted by molar-refractivity contribution is 0.186. The van der Waals surface area contributed by atoms with E-state index in [0.29, 0.717) is 24.0 Å². The van der Waals surface area contributed by atoms with E-state index >= 15 is 0 Å². The average Bonchev–Trinajstić information content (AvgIpc) is 2.77. The van der Waals surface area contributed by atoms with Gasteiger partial charge in [0.05, 0.1) is 12.4 Å². The van der Waals surface area contributed by atoms with Crippen molar-refractivity contribution in [2.45, 2.75) is 25.9 Å². The highest BCUT2D eigenvalue weighted by molar-refractivity contribution is 5.72. The molecule has 20 heavy (non-hydrogen) atoms. The fourth-order valence-corrected chi connectivity index (χ4v) is 1.99. The number of hydrogen-bond acceptors (Lipinski definition) is 4. The second-order valence-corrected chi connectivity index (χ2v) is 4.86. The van der Waals surface area contributed by atoms with Crippen molar-refractivity contribution < 1.29 is 5.11 Å². The Labute approximate surface area is 115 Å². The van der Waals surface area contributed by atoms with E-state index in [4.69, 9.17) is 0 Å². The highest BCUT2D eigenvalue weighted by Crippen LogP contribution is 2.05. The van der Waals surface area contributed by atoms with Gasteiger partial charge >= 0.3 is 5.69 Å². The third-order valence-electron chi connectivity index (χ3n) is 3.15. The lowest BCUT2D eigenvalue weighted by Crippen LogP contribution is -2.37. The maximum Gasteiger partial charge on any atom is 0.336 e. The predicted octanol–water partition coefficient (Wildman–Crippen LogP) is 0.0654. The van der Waals surface area contributed by atoms with Crippen molar-refractivity contribution >= 4 is 17.4 Å². The van der Waals surface area contributed by atoms with Crippen LogP contribution in [-0.4, -0.2) is 29.9 Å². The van der Waals surface area contributed by atoms with Gasteiger partial charge in [-0.15, -0.1) is 0 Å². The highest BCUT2D eigenvalue weighted by Gasteiger charge is 2.13. The molecule has 0 saturated carbocycles. The van der Waals surface area contributed by atoms with Gasteiger partial charge in [-0.05, 0) is 19.8 Å². The second kappa shape index (κ2) is 5.46. The molecule has 0 radical (unpaired) electrons. The molecule has 2 rings (SSSR count). The lowest BCUT2D eigenvalue weighted by Gasteiger charge is -2.05. The van der Waals surface area contributed by atoms with Crippen LogP contribution in [0.2, 0.25) is 0 Å². The first-order chi connectivity index (χ1) is 9.43. The van der Waals surface area contributed by atoms with E-state index < -0.39 is 5.69 Å². The Bertz CT molecular complexity index is 764. The summed E-state index contributed by atoms with van der Waals surface area (Å²) in [6.45, 7) is 1.71. The van der Waals surface area contributed by atoms with Crippen LogP contribution < -0.4 is 11.2 Å². The maximum absolute atomic E-state index is 12.1. The quantitative estimate of drug-likeness (QED) is 0.857. The Morgan fingerprint density at radius 2 is 2.10 bits per heavy atom. The Morgan fingerprint density at radius 3 is 2.75 bits per heavy atom. The van der Waals surface area contributed by atoms with Gasteiger partial charge < -0.3 is 9.67 Å². The first kappa shape index (κ1) is 14.3. The minimum absolute atomic E-state index is 0.342. The highest BCUT2D eigenvalue weighted by atomic mass is 16.3. The van der Waals surface area contributed by atoms with Gasteiger partial charge in [0.25, 0.3) is 5.56 Å². The van der Waals surface area contributed by atoms with Crippen LogP contribution in [0.3, 0.4) is 0 Å². The smallest absolute Gasteiger partial charge is 0.336 e. The first-order valence-electron chi connectivity index (χ1n) is 6.40. The lowest BCUT2D eigenvalue weighted by atomic mass is 10.2. The molecule has 108 valence electrons. The molecular formula is C13H18N4O3. The van der Waals surface area contributed by atoms with Gasteiger partial charge in [-0.25, -0.2) is 9.78 Å². The molecule has 2 aromatic heterocycles. The number of aryl methyl sites for hydroxylation is 1. The van der Waals surface area contributed by atoms with E-state index in [0.717, 1.165) is 4.57 Å². The van der Waals surface area contributed by atoms with Crippen LogP contribution in [-0.2, 0) is 14.1 Å². The predicted molar refractivity (Wildman–Crippen MR) is 76.5 cm³/mol. The van der Waals surface area contributed by atoms with Crippen molar-refractivity contribution in [3.8, 4) is 0 Å². The molecule has 0 aliphatic carbocycles. The van der Waals surface area contributed by atoms with Crippen molar-refractivity contribution in [3.05, 3.63) is 33.2 Å². The summed E-state index contributed by atoms with van der Waals surface area (Å²) in [4.78, 5) is 28.3. The molecule has 0 aliphatic heterocycles. The fraction of sp³-hybridized carbons (Fsp3) is 0.462. The summed E-state index contributed by atoms with van der Waals surface area (Å²) in [7, 11) is 3.15. The summed E-state index contributed by atoms with van der Waals surface area (Å²) in [5.74, 6) is 0. The van der Waals surface area contributed by atoms with Gasteiger partial charge in [0.1, 0.15) is 0 Å². The van der Waals surface area contributed by atoms with Crippen molar-refractivity contribution in [2.75, 3.05) is 0 Å². The second-order valence-electron chi connectivity index (χ2n) is 4.86. The summed E-state index contributed by atoms with van der Waals surface area (Å²) >= 11 is 0. The molecule has 2 heterocycles. The molecule has 7 heteroatoms. The topological polar surface area (TPSA) is 82.1 Å². The van der Waals surface area contributed by atoms with Crippen molar-refractivity contribution in [1.29, 1.82) is 0 Å². The van der Waals surface area contributed by atoms with Gasteiger partial charge in [-0.2, -0.15) is 0 Å². The zero-order valence-corrected chi connectivity index (χ0v) is 11.8. The van der Waals surface area contributed by atoms with Crippen LogP contribution in [0.1, 0.15) is 19.8 Å². The molecule has 2 aromatic rings. The van der Waals surface area contributed by atoms with Crippen LogP contribution in [0.25, 0.3) is 17.4 Å². The van der Waals surface area contributed by atoms with Crippen LogP contribution in [0.15, 0.2) is 22.0 Å². The Kier molecular flexibility index (Phi) is 3.89. The number of nitrogens with zero attached hydrogens (tertiary/aromatic N) is 4. The number of aromatic nitrogens is 4. The van der Waals surface area contributed by atoms with Crippen LogP contribution in [0, 0.1) is 0 Å². The van der Waals surface area contributed by atoms with E-state index in [9.17, 15) is 14.7 Å². The number of aliphatic hydroxyl groups excluding tert-OH is 1. The molecule has 7 nitrogen and oxygen atoms in total. The molecular weight excluding hydrogens is 260 g/mol. The standard InChI is InChI=1S/C13H18N4O3/c1-9(18)6-4-5-7-17-11-10(15(2)8-14-11)12(19)16(3)13(17)20/h5,7-9,18H,4,6H2,1-3H3. The van der Waals surface area contributed by atoms with Crippen molar-refractivity contribution in [2.24, 2.45) is 14.1 Å². The largest absolute Gasteiger partial charge is 0.393 e. The Hall–Kier alpha value is -2.15. The zero-order chi connectivity index (χ0) is 14.9. The third kappa shape index (κ3) is 2.44. The Balaban J connectivity index is 2.53. The van der Waals surface area contributed by atoms with Gasteiger partial charge in [-0.3, -0.25) is 13.9 Å². The maximum atomic E-state index is 12.1. The number of allylic oxidation sites excluding steroid dienone is 1. The molecule has 1 unspecified atom stereocenters. The van der Waals surface area contributed by atoms with Gasteiger partial charge in [0.2, 0.25) is 0 Å². The molecule has 1 atom stereocenters. The third-order valence-corrected chi connectivity index (χ3v) is 3.15. The summed E-state index contributed by atoms with van der Waals surface area (Å²) in [6, 6.07) is 0. The van der Waals surface area contributed by atoms with E-state index in [1.54, 1.807) is 30.8 Å². The minimum atomic E-state index is -0.436. The van der Waals surface area contributed by atoms with Crippen LogP contribution in [0.5, 0.6) is 0 Å². The van der Waals surface area contributed by atoms with E-state index in [-0.39, 0.29) is 11.7 Å². The first-order valence-corrected chi connectivity index (χ1v) is 6.40. The van der Waals surface area contributed by atoms with Crippen LogP contribution in [0.4, 0.5) is 0 Å². The van der Waals surface area contributed by atoms with Gasteiger partial charge in [0.15, 0.2) is 11.2 Å². The summed E-state index contributed by atoms with van der Waals surface area (Å²) < 4.78 is 4.00. The SMILES string of the molecule is CC(O)CCC=Cn1c(=O)n(C)c(=O)c2c1ncn2C. The van der Waals surface area contributed by atoms with E-state index in [1.165, 1.54) is 17.9 Å². The average molecular weight is 278 g/mol. The molecule has 1 N–H and O–H groups in total. The molecule has 0 amide bonds. The van der Waals surface area contributed by atoms with E-state index in [2.05, 4.69) is 4.98 Å². The minimum Gasteiger partial charge on any atom is -0.393 e. The molecule has 0 aromatic carbocycles. The molecule has 0 spiro atoms. The number of hydrogen-bond donors (Lipinski definition) is 1. The summed E-state index contributed by atoms with van der Waals surface area (Å²) in [5.41, 5.74) is -0.0747. The number of rotatable bonds is 4. The fourth-order valence-electron chi connectivity index (χ4n) is 1.99. The van der Waals surface area contributed by atoms with Crippen molar-refractivity contribution in [3.63, 3.8) is 0 Å². The van der Waals surface area contributed by atoms with E-state index in [1.807, 2.05) is 0 Å². The van der Waals surface area contributed by atoms with Crippen molar-refractivity contribution in [1.82, 2.24) is 18.7 Å². The summed E-state index contributed by atoms with van der Waals surface area (Å²) in [5, 5.41) is 9.20. The van der Waals surface area contributed by atoms with Gasteiger partial charge in [0, 0.05) is 20.3 Å². The monoisotopic (exact) mass is 278 g/mol. The summed E-state index contributed by atoms with van der Waals surface area (Å²) in [6.07, 6.45) is 5.76. The zero-order valence-electron chi connectivity index (χ0n) is 11.8. The molecule has 0 fully saturated rings. The number of aliphatic hydroxyl groups is 1. The molecule has 0 bridgehead atoms. The van der Waals surface area contributed by atoms with Crippen LogP contribution >= 0.6 is 0 Å². The molecule has 0 saturated heterocycles. The molecule has 0 aliphatic rings. The van der Waals surface area contributed by atoms with Gasteiger partial charge in [-0.1, -0.05) is 6.08 Å².